The van der Waals surface area contributed by atoms with Crippen molar-refractivity contribution >= 4 is 17.7 Å². The van der Waals surface area contributed by atoms with Crippen molar-refractivity contribution in [3.8, 4) is 0 Å². The lowest BCUT2D eigenvalue weighted by atomic mass is 10.1. The van der Waals surface area contributed by atoms with Crippen molar-refractivity contribution in [1.82, 2.24) is 4.90 Å². The van der Waals surface area contributed by atoms with Crippen molar-refractivity contribution in [2.75, 3.05) is 13.1 Å². The van der Waals surface area contributed by atoms with Gasteiger partial charge in [-0.15, -0.1) is 0 Å². The topological polar surface area (TPSA) is 66.6 Å². The highest BCUT2D eigenvalue weighted by Gasteiger charge is 2.21. The molecule has 1 aliphatic rings. The van der Waals surface area contributed by atoms with E-state index in [0.29, 0.717) is 6.04 Å². The zero-order valence-corrected chi connectivity index (χ0v) is 10.5. The van der Waals surface area contributed by atoms with Gasteiger partial charge in [0.25, 0.3) is 0 Å². The smallest absolute Gasteiger partial charge is 0.341 e. The van der Waals surface area contributed by atoms with Crippen LogP contribution in [-0.2, 0) is 4.79 Å². The van der Waals surface area contributed by atoms with Crippen molar-refractivity contribution in [3.05, 3.63) is 22.1 Å². The molecule has 1 rings (SSSR count). The van der Waals surface area contributed by atoms with E-state index in [1.54, 1.807) is 0 Å². The normalized spacial score (nSPS) is 17.9. The Hall–Kier alpha value is -0.940. The first-order chi connectivity index (χ1) is 7.41. The van der Waals surface area contributed by atoms with E-state index >= 15 is 0 Å². The second-order valence-electron chi connectivity index (χ2n) is 4.09. The van der Waals surface area contributed by atoms with Crippen molar-refractivity contribution in [1.29, 1.82) is 0 Å². The number of nitrogens with two attached hydrogens (primary N) is 1. The molecule has 16 heavy (non-hydrogen) atoms. The number of carbonyl (C=O) groups is 1. The number of hydrogen-bond acceptors (Lipinski definition) is 4. The Morgan fingerprint density at radius 1 is 1.62 bits per heavy atom. The average Bonchev–Trinajstić information content (AvgIpc) is 2.20. The van der Waals surface area contributed by atoms with Crippen molar-refractivity contribution < 1.29 is 9.90 Å². The summed E-state index contributed by atoms with van der Waals surface area (Å²) in [7, 11) is 0. The summed E-state index contributed by atoms with van der Waals surface area (Å²) in [5.41, 5.74) is 6.68. The fourth-order valence-corrected chi connectivity index (χ4v) is 2.35. The van der Waals surface area contributed by atoms with Crippen LogP contribution in [0.1, 0.15) is 20.3 Å². The van der Waals surface area contributed by atoms with E-state index in [9.17, 15) is 4.79 Å². The molecule has 0 spiro atoms. The van der Waals surface area contributed by atoms with Gasteiger partial charge in [0.05, 0.1) is 4.91 Å². The Morgan fingerprint density at radius 3 is 2.75 bits per heavy atom. The second kappa shape index (κ2) is 5.41. The molecule has 0 radical (unpaired) electrons. The van der Waals surface area contributed by atoms with Gasteiger partial charge in [0.1, 0.15) is 0 Å². The number of rotatable bonds is 4. The van der Waals surface area contributed by atoms with Crippen LogP contribution < -0.4 is 5.73 Å². The summed E-state index contributed by atoms with van der Waals surface area (Å²) in [4.78, 5) is 14.0. The molecule has 0 unspecified atom stereocenters. The van der Waals surface area contributed by atoms with Crippen LogP contribution in [0.15, 0.2) is 22.1 Å². The average molecular weight is 242 g/mol. The van der Waals surface area contributed by atoms with E-state index in [2.05, 4.69) is 25.3 Å². The lowest BCUT2D eigenvalue weighted by Gasteiger charge is -2.32. The fraction of sp³-hybridized carbons (Fsp3) is 0.545. The minimum Gasteiger partial charge on any atom is -0.477 e. The molecule has 0 aromatic carbocycles. The first-order valence-electron chi connectivity index (χ1n) is 5.23. The Labute approximate surface area is 100 Å². The third kappa shape index (κ3) is 3.28. The predicted octanol–water partition coefficient (Wildman–Crippen LogP) is 1.60. The van der Waals surface area contributed by atoms with E-state index in [0.717, 1.165) is 30.1 Å². The highest BCUT2D eigenvalue weighted by Crippen LogP contribution is 2.30. The first kappa shape index (κ1) is 13.1. The van der Waals surface area contributed by atoms with E-state index in [4.69, 9.17) is 10.8 Å². The Balaban J connectivity index is 2.70. The zero-order chi connectivity index (χ0) is 12.3. The third-order valence-electron chi connectivity index (χ3n) is 2.59. The molecular formula is C11H18N2O2S. The van der Waals surface area contributed by atoms with Crippen molar-refractivity contribution in [2.24, 2.45) is 5.73 Å². The van der Waals surface area contributed by atoms with Gasteiger partial charge in [-0.2, -0.15) is 0 Å². The number of nitrogens with zero attached hydrogens (tertiary/aromatic N) is 1. The molecule has 0 saturated carbocycles. The van der Waals surface area contributed by atoms with Gasteiger partial charge in [0.15, 0.2) is 0 Å². The minimum absolute atomic E-state index is 0.128. The second-order valence-corrected chi connectivity index (χ2v) is 5.28. The van der Waals surface area contributed by atoms with Crippen LogP contribution in [0.2, 0.25) is 0 Å². The van der Waals surface area contributed by atoms with Gasteiger partial charge in [-0.1, -0.05) is 18.3 Å². The lowest BCUT2D eigenvalue weighted by molar-refractivity contribution is -0.131. The molecule has 1 heterocycles. The molecule has 4 nitrogen and oxygen atoms in total. The standard InChI is InChI=1S/C11H18N2O2S/c1-7(2)13-5-4-9(12)10(6-13)16-8(3)11(14)15/h7H,3-6,12H2,1-2H3,(H,14,15). The van der Waals surface area contributed by atoms with Crippen LogP contribution >= 0.6 is 11.8 Å². The number of hydrogen-bond donors (Lipinski definition) is 2. The summed E-state index contributed by atoms with van der Waals surface area (Å²) < 4.78 is 0. The number of aliphatic carboxylic acids is 1. The Bertz CT molecular complexity index is 337. The van der Waals surface area contributed by atoms with Gasteiger partial charge in [-0.3, -0.25) is 4.90 Å². The maximum Gasteiger partial charge on any atom is 0.341 e. The summed E-state index contributed by atoms with van der Waals surface area (Å²) in [6.07, 6.45) is 0.799. The molecule has 90 valence electrons. The monoisotopic (exact) mass is 242 g/mol. The Kier molecular flexibility index (Phi) is 4.44. The van der Waals surface area contributed by atoms with Crippen LogP contribution in [0.5, 0.6) is 0 Å². The van der Waals surface area contributed by atoms with Gasteiger partial charge in [0, 0.05) is 36.2 Å². The van der Waals surface area contributed by atoms with Crippen LogP contribution in [0.4, 0.5) is 0 Å². The van der Waals surface area contributed by atoms with Gasteiger partial charge >= 0.3 is 5.97 Å². The fourth-order valence-electron chi connectivity index (χ4n) is 1.50. The van der Waals surface area contributed by atoms with Crippen molar-refractivity contribution in [3.63, 3.8) is 0 Å². The lowest BCUT2D eigenvalue weighted by Crippen LogP contribution is -2.37. The quantitative estimate of drug-likeness (QED) is 0.733. The molecule has 0 aromatic heterocycles. The van der Waals surface area contributed by atoms with Gasteiger partial charge < -0.3 is 10.8 Å². The number of carboxylic acids is 1. The molecule has 3 N–H and O–H groups in total. The van der Waals surface area contributed by atoms with Crippen molar-refractivity contribution in [2.45, 2.75) is 26.3 Å². The van der Waals surface area contributed by atoms with E-state index in [-0.39, 0.29) is 4.91 Å². The van der Waals surface area contributed by atoms with Crippen LogP contribution in [-0.4, -0.2) is 35.1 Å². The van der Waals surface area contributed by atoms with E-state index in [1.807, 2.05) is 0 Å². The maximum absolute atomic E-state index is 10.7. The molecule has 0 aromatic rings. The van der Waals surface area contributed by atoms with Gasteiger partial charge in [-0.25, -0.2) is 4.79 Å². The predicted molar refractivity (Wildman–Crippen MR) is 66.9 cm³/mol. The summed E-state index contributed by atoms with van der Waals surface area (Å²) in [5, 5.41) is 8.78. The molecule has 0 fully saturated rings. The van der Waals surface area contributed by atoms with Crippen LogP contribution in [0, 0.1) is 0 Å². The summed E-state index contributed by atoms with van der Waals surface area (Å²) in [5.74, 6) is -0.980. The highest BCUT2D eigenvalue weighted by atomic mass is 32.2. The van der Waals surface area contributed by atoms with Crippen LogP contribution in [0.25, 0.3) is 0 Å². The molecular weight excluding hydrogens is 224 g/mol. The highest BCUT2D eigenvalue weighted by molar-refractivity contribution is 8.07. The Morgan fingerprint density at radius 2 is 2.25 bits per heavy atom. The number of carboxylic acid groups (broad SMARTS) is 1. The molecule has 0 saturated heterocycles. The summed E-state index contributed by atoms with van der Waals surface area (Å²) >= 11 is 1.18. The van der Waals surface area contributed by atoms with E-state index < -0.39 is 5.97 Å². The molecule has 0 bridgehead atoms. The molecule has 0 aliphatic carbocycles. The van der Waals surface area contributed by atoms with Crippen LogP contribution in [0.3, 0.4) is 0 Å². The molecule has 0 atom stereocenters. The first-order valence-corrected chi connectivity index (χ1v) is 6.05. The summed E-state index contributed by atoms with van der Waals surface area (Å²) in [6, 6.07) is 0.446. The molecule has 0 amide bonds. The molecule has 1 aliphatic heterocycles. The maximum atomic E-state index is 10.7. The molecule has 5 heteroatoms. The third-order valence-corrected chi connectivity index (χ3v) is 3.65. The largest absolute Gasteiger partial charge is 0.477 e. The zero-order valence-electron chi connectivity index (χ0n) is 9.69. The van der Waals surface area contributed by atoms with Gasteiger partial charge in [0.2, 0.25) is 0 Å². The summed E-state index contributed by atoms with van der Waals surface area (Å²) in [6.45, 7) is 9.41. The number of thioether (sulfide) groups is 1. The van der Waals surface area contributed by atoms with E-state index in [1.165, 1.54) is 11.8 Å². The van der Waals surface area contributed by atoms with Gasteiger partial charge in [-0.05, 0) is 13.8 Å². The SMILES string of the molecule is C=C(SC1=C(N)CCN(C(C)C)C1)C(=O)O. The minimum atomic E-state index is -0.980.